The Morgan fingerprint density at radius 1 is 1.10 bits per heavy atom. The first kappa shape index (κ1) is 19.2. The summed E-state index contributed by atoms with van der Waals surface area (Å²) in [7, 11) is 0. The van der Waals surface area contributed by atoms with Gasteiger partial charge in [-0.1, -0.05) is 13.8 Å². The summed E-state index contributed by atoms with van der Waals surface area (Å²) in [5.41, 5.74) is -0.871. The van der Waals surface area contributed by atoms with Gasteiger partial charge < -0.3 is 20.1 Å². The van der Waals surface area contributed by atoms with Crippen LogP contribution in [-0.2, 0) is 14.3 Å². The maximum absolute atomic E-state index is 12.1. The van der Waals surface area contributed by atoms with Crippen LogP contribution >= 0.6 is 0 Å². The van der Waals surface area contributed by atoms with Crippen LogP contribution in [0.5, 0.6) is 0 Å². The minimum Gasteiger partial charge on any atom is -0.480 e. The number of amides is 1. The number of hydrogen-bond donors (Lipinski definition) is 3. The number of nitrogens with zero attached hydrogens (tertiary/aromatic N) is 1. The van der Waals surface area contributed by atoms with Gasteiger partial charge in [0.2, 0.25) is 0 Å². The molecule has 122 valence electrons. The molecule has 8 heteroatoms. The van der Waals surface area contributed by atoms with E-state index in [4.69, 9.17) is 9.84 Å². The molecule has 8 nitrogen and oxygen atoms in total. The van der Waals surface area contributed by atoms with Crippen molar-refractivity contribution in [3.8, 4) is 0 Å². The summed E-state index contributed by atoms with van der Waals surface area (Å²) in [6.07, 6.45) is -2.87. The third-order valence-corrected chi connectivity index (χ3v) is 2.50. The minimum absolute atomic E-state index is 0.490. The lowest BCUT2D eigenvalue weighted by Crippen LogP contribution is -2.53. The molecule has 0 aliphatic carbocycles. The van der Waals surface area contributed by atoms with Crippen LogP contribution in [0.25, 0.3) is 0 Å². The molecule has 0 spiro atoms. The van der Waals surface area contributed by atoms with Gasteiger partial charge in [-0.05, 0) is 26.7 Å². The molecule has 0 aromatic rings. The van der Waals surface area contributed by atoms with E-state index < -0.39 is 48.2 Å². The lowest BCUT2D eigenvalue weighted by molar-refractivity contribution is -0.152. The Morgan fingerprint density at radius 3 is 1.86 bits per heavy atom. The van der Waals surface area contributed by atoms with E-state index in [1.54, 1.807) is 34.6 Å². The molecular weight excluding hydrogens is 282 g/mol. The smallest absolute Gasteiger partial charge is 0.411 e. The summed E-state index contributed by atoms with van der Waals surface area (Å²) < 4.78 is 5.08. The Morgan fingerprint density at radius 2 is 1.57 bits per heavy atom. The summed E-state index contributed by atoms with van der Waals surface area (Å²) in [5.74, 6) is -3.33. The van der Waals surface area contributed by atoms with Crippen LogP contribution in [-0.4, -0.2) is 62.5 Å². The molecule has 3 N–H and O–H groups in total. The van der Waals surface area contributed by atoms with Crippen molar-refractivity contribution in [3.05, 3.63) is 0 Å². The highest BCUT2D eigenvalue weighted by Gasteiger charge is 2.37. The molecule has 0 saturated heterocycles. The van der Waals surface area contributed by atoms with E-state index in [1.807, 2.05) is 0 Å². The van der Waals surface area contributed by atoms with Gasteiger partial charge in [-0.15, -0.1) is 0 Å². The predicted octanol–water partition coefficient (Wildman–Crippen LogP) is 0.778. The first-order valence-electron chi connectivity index (χ1n) is 6.50. The molecule has 21 heavy (non-hydrogen) atoms. The van der Waals surface area contributed by atoms with Crippen molar-refractivity contribution in [1.29, 1.82) is 0 Å². The van der Waals surface area contributed by atoms with Gasteiger partial charge in [0.15, 0.2) is 6.10 Å². The highest BCUT2D eigenvalue weighted by molar-refractivity contribution is 5.81. The maximum atomic E-state index is 12.1. The monoisotopic (exact) mass is 305 g/mol. The van der Waals surface area contributed by atoms with Crippen molar-refractivity contribution in [1.82, 2.24) is 4.90 Å². The van der Waals surface area contributed by atoms with E-state index in [1.165, 1.54) is 0 Å². The average molecular weight is 305 g/mol. The molecule has 0 aromatic heterocycles. The first-order valence-corrected chi connectivity index (χ1v) is 6.50. The summed E-state index contributed by atoms with van der Waals surface area (Å²) in [6, 6.07) is -1.30. The molecule has 1 amide bonds. The van der Waals surface area contributed by atoms with Gasteiger partial charge in [0.05, 0.1) is 6.54 Å². The summed E-state index contributed by atoms with van der Waals surface area (Å²) in [5, 5.41) is 27.4. The van der Waals surface area contributed by atoms with Crippen molar-refractivity contribution < 1.29 is 34.4 Å². The van der Waals surface area contributed by atoms with Gasteiger partial charge in [0.25, 0.3) is 0 Å². The van der Waals surface area contributed by atoms with Gasteiger partial charge in [-0.3, -0.25) is 4.90 Å². The van der Waals surface area contributed by atoms with E-state index in [-0.39, 0.29) is 0 Å². The molecular formula is C13H23NO7. The fourth-order valence-corrected chi connectivity index (χ4v) is 1.66. The Bertz CT molecular complexity index is 400. The molecule has 0 heterocycles. The topological polar surface area (TPSA) is 124 Å². The van der Waals surface area contributed by atoms with Gasteiger partial charge in [-0.25, -0.2) is 14.4 Å². The van der Waals surface area contributed by atoms with Crippen LogP contribution < -0.4 is 0 Å². The molecule has 0 aromatic carbocycles. The van der Waals surface area contributed by atoms with Crippen LogP contribution in [0.4, 0.5) is 4.79 Å². The average Bonchev–Trinajstić information content (AvgIpc) is 2.23. The number of aliphatic hydroxyl groups excluding tert-OH is 1. The van der Waals surface area contributed by atoms with E-state index in [0.717, 1.165) is 4.90 Å². The van der Waals surface area contributed by atoms with Crippen LogP contribution in [0.1, 0.15) is 34.6 Å². The molecule has 1 unspecified atom stereocenters. The molecule has 0 aliphatic rings. The zero-order valence-electron chi connectivity index (χ0n) is 12.9. The Balaban J connectivity index is 5.39. The lowest BCUT2D eigenvalue weighted by atomic mass is 10.0. The highest BCUT2D eigenvalue weighted by Crippen LogP contribution is 2.17. The van der Waals surface area contributed by atoms with Crippen LogP contribution in [0.2, 0.25) is 0 Å². The maximum Gasteiger partial charge on any atom is 0.411 e. The molecule has 0 rings (SSSR count). The third-order valence-electron chi connectivity index (χ3n) is 2.50. The summed E-state index contributed by atoms with van der Waals surface area (Å²) >= 11 is 0. The van der Waals surface area contributed by atoms with Crippen molar-refractivity contribution >= 4 is 18.0 Å². The second-order valence-corrected chi connectivity index (χ2v) is 6.01. The van der Waals surface area contributed by atoms with Gasteiger partial charge in [0, 0.05) is 0 Å². The quantitative estimate of drug-likeness (QED) is 0.662. The molecule has 0 bridgehead atoms. The van der Waals surface area contributed by atoms with Gasteiger partial charge >= 0.3 is 18.0 Å². The van der Waals surface area contributed by atoms with E-state index in [9.17, 15) is 24.6 Å². The largest absolute Gasteiger partial charge is 0.480 e. The van der Waals surface area contributed by atoms with E-state index in [0.29, 0.717) is 0 Å². The number of carboxylic acids is 2. The fraction of sp³-hybridized carbons (Fsp3) is 0.769. The molecule has 0 saturated carbocycles. The first-order chi connectivity index (χ1) is 9.36. The zero-order valence-corrected chi connectivity index (χ0v) is 12.9. The normalized spacial score (nSPS) is 14.4. The number of aliphatic carboxylic acids is 2. The SMILES string of the molecule is CC(C)[C@@H](C(=O)O)N(CC(O)C(=O)O)C(=O)OC(C)(C)C. The number of carbonyl (C=O) groups excluding carboxylic acids is 1. The summed E-state index contributed by atoms with van der Waals surface area (Å²) in [6.45, 7) is 7.28. The second-order valence-electron chi connectivity index (χ2n) is 6.01. The van der Waals surface area contributed by atoms with Gasteiger partial charge in [-0.2, -0.15) is 0 Å². The highest BCUT2D eigenvalue weighted by atomic mass is 16.6. The van der Waals surface area contributed by atoms with Crippen molar-refractivity contribution in [2.24, 2.45) is 5.92 Å². The minimum atomic E-state index is -1.89. The fourth-order valence-electron chi connectivity index (χ4n) is 1.66. The van der Waals surface area contributed by atoms with Crippen molar-refractivity contribution in [2.75, 3.05) is 6.54 Å². The summed E-state index contributed by atoms with van der Waals surface area (Å²) in [4.78, 5) is 34.9. The number of aliphatic hydroxyl groups is 1. The van der Waals surface area contributed by atoms with E-state index in [2.05, 4.69) is 0 Å². The van der Waals surface area contributed by atoms with Crippen LogP contribution in [0, 0.1) is 5.92 Å². The predicted molar refractivity (Wildman–Crippen MR) is 72.8 cm³/mol. The standard InChI is InChI=1S/C13H23NO7/c1-7(2)9(11(18)19)14(6-8(15)10(16)17)12(20)21-13(3,4)5/h7-9,15H,6H2,1-5H3,(H,16,17)(H,18,19)/t8?,9-/m0/s1. The number of hydrogen-bond acceptors (Lipinski definition) is 5. The third kappa shape index (κ3) is 6.44. The number of ether oxygens (including phenoxy) is 1. The van der Waals surface area contributed by atoms with Crippen LogP contribution in [0.3, 0.4) is 0 Å². The molecule has 0 radical (unpaired) electrons. The molecule has 0 aliphatic heterocycles. The number of carbonyl (C=O) groups is 3. The number of rotatable bonds is 6. The van der Waals surface area contributed by atoms with Crippen LogP contribution in [0.15, 0.2) is 0 Å². The zero-order chi connectivity index (χ0) is 17.0. The van der Waals surface area contributed by atoms with Crippen molar-refractivity contribution in [3.63, 3.8) is 0 Å². The Hall–Kier alpha value is -1.83. The van der Waals surface area contributed by atoms with E-state index >= 15 is 0 Å². The molecule has 2 atom stereocenters. The molecule has 0 fully saturated rings. The van der Waals surface area contributed by atoms with Crippen molar-refractivity contribution in [2.45, 2.75) is 52.4 Å². The Kier molecular flexibility index (Phi) is 6.62. The Labute approximate surface area is 123 Å². The second kappa shape index (κ2) is 7.26. The lowest BCUT2D eigenvalue weighted by Gasteiger charge is -2.33. The number of carboxylic acid groups (broad SMARTS) is 2. The van der Waals surface area contributed by atoms with Gasteiger partial charge in [0.1, 0.15) is 11.6 Å².